The molecule has 1 aliphatic heterocycles. The van der Waals surface area contributed by atoms with E-state index in [0.717, 1.165) is 19.2 Å². The standard InChI is InChI=1S/C12H13BrF3NO/c13-11-6-9(5-10(7-11)12(14,15)16)8-17-1-3-18-4-2-17/h5-7H,1-4,8H2. The van der Waals surface area contributed by atoms with Gasteiger partial charge in [0.15, 0.2) is 0 Å². The molecule has 18 heavy (non-hydrogen) atoms. The first-order valence-corrected chi connectivity index (χ1v) is 6.41. The molecule has 0 atom stereocenters. The van der Waals surface area contributed by atoms with Crippen LogP contribution in [0.2, 0.25) is 0 Å². The van der Waals surface area contributed by atoms with Gasteiger partial charge in [-0.05, 0) is 23.8 Å². The molecule has 0 amide bonds. The van der Waals surface area contributed by atoms with Gasteiger partial charge in [-0.25, -0.2) is 0 Å². The van der Waals surface area contributed by atoms with Crippen molar-refractivity contribution in [1.82, 2.24) is 4.90 Å². The second-order valence-electron chi connectivity index (χ2n) is 4.23. The van der Waals surface area contributed by atoms with Gasteiger partial charge in [0, 0.05) is 24.1 Å². The highest BCUT2D eigenvalue weighted by Crippen LogP contribution is 2.32. The molecule has 0 N–H and O–H groups in total. The number of hydrogen-bond acceptors (Lipinski definition) is 2. The van der Waals surface area contributed by atoms with E-state index in [1.165, 1.54) is 6.07 Å². The summed E-state index contributed by atoms with van der Waals surface area (Å²) in [6.45, 7) is 3.31. The SMILES string of the molecule is FC(F)(F)c1cc(Br)cc(CN2CCOCC2)c1. The summed E-state index contributed by atoms with van der Waals surface area (Å²) >= 11 is 3.13. The Bertz CT molecular complexity index is 416. The number of nitrogens with zero attached hydrogens (tertiary/aromatic N) is 1. The van der Waals surface area contributed by atoms with E-state index in [0.29, 0.717) is 29.8 Å². The summed E-state index contributed by atoms with van der Waals surface area (Å²) < 4.78 is 43.7. The molecule has 1 aliphatic rings. The summed E-state index contributed by atoms with van der Waals surface area (Å²) in [4.78, 5) is 2.09. The average molecular weight is 324 g/mol. The van der Waals surface area contributed by atoms with Gasteiger partial charge in [-0.3, -0.25) is 4.90 Å². The highest BCUT2D eigenvalue weighted by Gasteiger charge is 2.31. The van der Waals surface area contributed by atoms with Crippen molar-refractivity contribution in [2.75, 3.05) is 26.3 Å². The van der Waals surface area contributed by atoms with Gasteiger partial charge in [0.2, 0.25) is 0 Å². The van der Waals surface area contributed by atoms with Crippen molar-refractivity contribution in [3.8, 4) is 0 Å². The molecule has 0 spiro atoms. The molecule has 0 aliphatic carbocycles. The lowest BCUT2D eigenvalue weighted by Gasteiger charge is -2.26. The highest BCUT2D eigenvalue weighted by molar-refractivity contribution is 9.10. The highest BCUT2D eigenvalue weighted by atomic mass is 79.9. The van der Waals surface area contributed by atoms with Gasteiger partial charge < -0.3 is 4.74 Å². The number of hydrogen-bond donors (Lipinski definition) is 0. The molecule has 6 heteroatoms. The van der Waals surface area contributed by atoms with Crippen molar-refractivity contribution >= 4 is 15.9 Å². The monoisotopic (exact) mass is 323 g/mol. The molecule has 2 rings (SSSR count). The topological polar surface area (TPSA) is 12.5 Å². The van der Waals surface area contributed by atoms with Crippen LogP contribution < -0.4 is 0 Å². The van der Waals surface area contributed by atoms with Gasteiger partial charge in [-0.15, -0.1) is 0 Å². The van der Waals surface area contributed by atoms with E-state index in [9.17, 15) is 13.2 Å². The van der Waals surface area contributed by atoms with Crippen LogP contribution in [0.1, 0.15) is 11.1 Å². The number of ether oxygens (including phenoxy) is 1. The largest absolute Gasteiger partial charge is 0.416 e. The van der Waals surface area contributed by atoms with E-state index in [4.69, 9.17) is 4.74 Å². The Morgan fingerprint density at radius 3 is 2.44 bits per heavy atom. The van der Waals surface area contributed by atoms with Crippen molar-refractivity contribution < 1.29 is 17.9 Å². The molecular formula is C12H13BrF3NO. The molecule has 0 aromatic heterocycles. The van der Waals surface area contributed by atoms with Crippen LogP contribution in [-0.2, 0) is 17.5 Å². The lowest BCUT2D eigenvalue weighted by molar-refractivity contribution is -0.137. The maximum Gasteiger partial charge on any atom is 0.416 e. The van der Waals surface area contributed by atoms with E-state index >= 15 is 0 Å². The van der Waals surface area contributed by atoms with Crippen molar-refractivity contribution in [2.24, 2.45) is 0 Å². The number of benzene rings is 1. The fourth-order valence-corrected chi connectivity index (χ4v) is 2.46. The van der Waals surface area contributed by atoms with Gasteiger partial charge in [-0.1, -0.05) is 15.9 Å². The third-order valence-corrected chi connectivity index (χ3v) is 3.25. The Kier molecular flexibility index (Phi) is 4.29. The van der Waals surface area contributed by atoms with Crippen LogP contribution in [0.4, 0.5) is 13.2 Å². The second kappa shape index (κ2) is 5.59. The average Bonchev–Trinajstić information content (AvgIpc) is 2.28. The molecule has 0 radical (unpaired) electrons. The maximum atomic E-state index is 12.7. The molecule has 1 aromatic rings. The van der Waals surface area contributed by atoms with Gasteiger partial charge in [0.1, 0.15) is 0 Å². The Balaban J connectivity index is 2.14. The third kappa shape index (κ3) is 3.70. The summed E-state index contributed by atoms with van der Waals surface area (Å²) in [6.07, 6.45) is -4.30. The van der Waals surface area contributed by atoms with Crippen molar-refractivity contribution in [3.63, 3.8) is 0 Å². The lowest BCUT2D eigenvalue weighted by Crippen LogP contribution is -2.35. The van der Waals surface area contributed by atoms with E-state index in [2.05, 4.69) is 20.8 Å². The molecule has 1 saturated heterocycles. The first-order chi connectivity index (χ1) is 8.45. The molecular weight excluding hydrogens is 311 g/mol. The van der Waals surface area contributed by atoms with Crippen molar-refractivity contribution in [1.29, 1.82) is 0 Å². The second-order valence-corrected chi connectivity index (χ2v) is 5.15. The number of morpholine rings is 1. The van der Waals surface area contributed by atoms with Gasteiger partial charge >= 0.3 is 6.18 Å². The predicted molar refractivity (Wildman–Crippen MR) is 65.2 cm³/mol. The summed E-state index contributed by atoms with van der Waals surface area (Å²) in [5, 5.41) is 0. The molecule has 1 heterocycles. The minimum absolute atomic E-state index is 0.459. The van der Waals surface area contributed by atoms with Crippen LogP contribution in [-0.4, -0.2) is 31.2 Å². The first-order valence-electron chi connectivity index (χ1n) is 5.62. The smallest absolute Gasteiger partial charge is 0.379 e. The zero-order valence-corrected chi connectivity index (χ0v) is 11.2. The normalized spacial score (nSPS) is 18.0. The van der Waals surface area contributed by atoms with Crippen LogP contribution in [0, 0.1) is 0 Å². The summed E-state index contributed by atoms with van der Waals surface area (Å²) in [6, 6.07) is 4.04. The van der Waals surface area contributed by atoms with Crippen molar-refractivity contribution in [3.05, 3.63) is 33.8 Å². The number of halogens is 4. The van der Waals surface area contributed by atoms with Gasteiger partial charge in [0.25, 0.3) is 0 Å². The molecule has 0 unspecified atom stereocenters. The minimum Gasteiger partial charge on any atom is -0.379 e. The molecule has 1 fully saturated rings. The van der Waals surface area contributed by atoms with Crippen LogP contribution in [0.25, 0.3) is 0 Å². The van der Waals surface area contributed by atoms with E-state index < -0.39 is 11.7 Å². The Labute approximate surface area is 112 Å². The van der Waals surface area contributed by atoms with E-state index in [1.807, 2.05) is 0 Å². The number of rotatable bonds is 2. The van der Waals surface area contributed by atoms with Crippen molar-refractivity contribution in [2.45, 2.75) is 12.7 Å². The Morgan fingerprint density at radius 1 is 1.17 bits per heavy atom. The lowest BCUT2D eigenvalue weighted by atomic mass is 10.1. The van der Waals surface area contributed by atoms with Gasteiger partial charge in [0.05, 0.1) is 18.8 Å². The Morgan fingerprint density at radius 2 is 1.83 bits per heavy atom. The van der Waals surface area contributed by atoms with Crippen LogP contribution >= 0.6 is 15.9 Å². The quantitative estimate of drug-likeness (QED) is 0.828. The molecule has 0 saturated carbocycles. The van der Waals surface area contributed by atoms with Crippen LogP contribution in [0.15, 0.2) is 22.7 Å². The molecule has 100 valence electrons. The zero-order valence-electron chi connectivity index (χ0n) is 9.63. The fraction of sp³-hybridized carbons (Fsp3) is 0.500. The first kappa shape index (κ1) is 13.8. The maximum absolute atomic E-state index is 12.7. The number of alkyl halides is 3. The molecule has 2 nitrogen and oxygen atoms in total. The Hall–Kier alpha value is -0.590. The molecule has 0 bridgehead atoms. The summed E-state index contributed by atoms with van der Waals surface area (Å²) in [5.41, 5.74) is 0.0544. The van der Waals surface area contributed by atoms with E-state index in [1.54, 1.807) is 6.07 Å². The predicted octanol–water partition coefficient (Wildman–Crippen LogP) is 3.30. The van der Waals surface area contributed by atoms with Gasteiger partial charge in [-0.2, -0.15) is 13.2 Å². The van der Waals surface area contributed by atoms with Crippen LogP contribution in [0.3, 0.4) is 0 Å². The van der Waals surface area contributed by atoms with E-state index in [-0.39, 0.29) is 0 Å². The molecule has 1 aromatic carbocycles. The third-order valence-electron chi connectivity index (χ3n) is 2.79. The fourth-order valence-electron chi connectivity index (χ4n) is 1.92. The van der Waals surface area contributed by atoms with Crippen LogP contribution in [0.5, 0.6) is 0 Å². The summed E-state index contributed by atoms with van der Waals surface area (Å²) in [5.74, 6) is 0. The summed E-state index contributed by atoms with van der Waals surface area (Å²) in [7, 11) is 0. The zero-order chi connectivity index (χ0) is 13.2. The minimum atomic E-state index is -4.30.